The van der Waals surface area contributed by atoms with Crippen molar-refractivity contribution in [3.63, 3.8) is 0 Å². The molecule has 114 valence electrons. The van der Waals surface area contributed by atoms with Crippen LogP contribution in [-0.4, -0.2) is 37.7 Å². The lowest BCUT2D eigenvalue weighted by atomic mass is 10.1. The Hall–Kier alpha value is -1.14. The third-order valence-corrected chi connectivity index (χ3v) is 3.59. The van der Waals surface area contributed by atoms with E-state index in [0.717, 1.165) is 30.5 Å². The van der Waals surface area contributed by atoms with Gasteiger partial charge in [0.1, 0.15) is 5.01 Å². The molecule has 0 atom stereocenters. The van der Waals surface area contributed by atoms with Crippen molar-refractivity contribution in [2.24, 2.45) is 10.9 Å². The van der Waals surface area contributed by atoms with Crippen LogP contribution in [0.4, 0.5) is 0 Å². The average Bonchev–Trinajstić information content (AvgIpc) is 2.82. The van der Waals surface area contributed by atoms with Crippen LogP contribution in [0.2, 0.25) is 0 Å². The fourth-order valence-electron chi connectivity index (χ4n) is 1.53. The number of ether oxygens (including phenoxy) is 1. The molecule has 5 nitrogen and oxygen atoms in total. The van der Waals surface area contributed by atoms with Crippen molar-refractivity contribution in [3.05, 3.63) is 16.1 Å². The first-order chi connectivity index (χ1) is 9.61. The Morgan fingerprint density at radius 1 is 1.40 bits per heavy atom. The molecule has 0 unspecified atom stereocenters. The summed E-state index contributed by atoms with van der Waals surface area (Å²) in [7, 11) is 1.77. The van der Waals surface area contributed by atoms with Gasteiger partial charge in [0.15, 0.2) is 5.96 Å². The first-order valence-corrected chi connectivity index (χ1v) is 7.87. The van der Waals surface area contributed by atoms with Gasteiger partial charge in [0.05, 0.1) is 13.2 Å². The molecule has 0 aliphatic carbocycles. The molecule has 1 heterocycles. The average molecular weight is 298 g/mol. The highest BCUT2D eigenvalue weighted by molar-refractivity contribution is 7.11. The van der Waals surface area contributed by atoms with Gasteiger partial charge in [0.2, 0.25) is 0 Å². The molecule has 0 saturated heterocycles. The minimum Gasteiger partial charge on any atom is -0.380 e. The van der Waals surface area contributed by atoms with Crippen molar-refractivity contribution >= 4 is 17.3 Å². The van der Waals surface area contributed by atoms with Crippen LogP contribution in [0.1, 0.15) is 30.2 Å². The lowest BCUT2D eigenvalue weighted by molar-refractivity contribution is 0.128. The largest absolute Gasteiger partial charge is 0.380 e. The molecule has 0 spiro atoms. The molecule has 0 aromatic carbocycles. The summed E-state index contributed by atoms with van der Waals surface area (Å²) >= 11 is 1.70. The molecule has 2 N–H and O–H groups in total. The number of rotatable bonds is 8. The fraction of sp³-hybridized carbons (Fsp3) is 0.714. The predicted octanol–water partition coefficient (Wildman–Crippen LogP) is 2.18. The SMILES string of the molecule is CN=C(NCCOCCC(C)C)NCc1ncc(C)s1. The van der Waals surface area contributed by atoms with Crippen LogP contribution in [-0.2, 0) is 11.3 Å². The van der Waals surface area contributed by atoms with E-state index < -0.39 is 0 Å². The molecule has 0 radical (unpaired) electrons. The van der Waals surface area contributed by atoms with Crippen LogP contribution < -0.4 is 10.6 Å². The van der Waals surface area contributed by atoms with Crippen molar-refractivity contribution in [3.8, 4) is 0 Å². The lowest BCUT2D eigenvalue weighted by Crippen LogP contribution is -2.38. The highest BCUT2D eigenvalue weighted by Gasteiger charge is 2.01. The van der Waals surface area contributed by atoms with Crippen molar-refractivity contribution in [1.29, 1.82) is 0 Å². The molecule has 0 bridgehead atoms. The molecular weight excluding hydrogens is 272 g/mol. The second-order valence-corrected chi connectivity index (χ2v) is 6.33. The fourth-order valence-corrected chi connectivity index (χ4v) is 2.25. The van der Waals surface area contributed by atoms with Crippen molar-refractivity contribution in [2.75, 3.05) is 26.8 Å². The van der Waals surface area contributed by atoms with E-state index in [9.17, 15) is 0 Å². The maximum Gasteiger partial charge on any atom is 0.191 e. The zero-order chi connectivity index (χ0) is 14.8. The minimum absolute atomic E-state index is 0.694. The summed E-state index contributed by atoms with van der Waals surface area (Å²) in [5.74, 6) is 1.48. The Kier molecular flexibility index (Phi) is 8.22. The maximum atomic E-state index is 5.55. The van der Waals surface area contributed by atoms with E-state index in [1.54, 1.807) is 18.4 Å². The Bertz CT molecular complexity index is 404. The molecule has 20 heavy (non-hydrogen) atoms. The van der Waals surface area contributed by atoms with Gasteiger partial charge in [0, 0.05) is 31.3 Å². The van der Waals surface area contributed by atoms with E-state index in [4.69, 9.17) is 4.74 Å². The monoisotopic (exact) mass is 298 g/mol. The molecule has 0 aliphatic rings. The van der Waals surface area contributed by atoms with E-state index in [1.807, 2.05) is 6.20 Å². The summed E-state index contributed by atoms with van der Waals surface area (Å²) in [6.45, 7) is 9.44. The first-order valence-electron chi connectivity index (χ1n) is 7.05. The Morgan fingerprint density at radius 3 is 2.80 bits per heavy atom. The second-order valence-electron chi connectivity index (χ2n) is 5.01. The lowest BCUT2D eigenvalue weighted by Gasteiger charge is -2.11. The number of thiazole rings is 1. The molecular formula is C14H26N4OS. The first kappa shape index (κ1) is 16.9. The number of aromatic nitrogens is 1. The number of hydrogen-bond donors (Lipinski definition) is 2. The maximum absolute atomic E-state index is 5.55. The van der Waals surface area contributed by atoms with E-state index in [-0.39, 0.29) is 0 Å². The van der Waals surface area contributed by atoms with Crippen molar-refractivity contribution in [2.45, 2.75) is 33.7 Å². The van der Waals surface area contributed by atoms with Crippen LogP contribution >= 0.6 is 11.3 Å². The zero-order valence-corrected chi connectivity index (χ0v) is 13.7. The summed E-state index contributed by atoms with van der Waals surface area (Å²) < 4.78 is 5.55. The van der Waals surface area contributed by atoms with Gasteiger partial charge >= 0.3 is 0 Å². The number of aliphatic imine (C=N–C) groups is 1. The van der Waals surface area contributed by atoms with Gasteiger partial charge in [0.25, 0.3) is 0 Å². The Balaban J connectivity index is 2.11. The van der Waals surface area contributed by atoms with Crippen molar-refractivity contribution < 1.29 is 4.74 Å². The van der Waals surface area contributed by atoms with Crippen LogP contribution in [0.3, 0.4) is 0 Å². The highest BCUT2D eigenvalue weighted by Crippen LogP contribution is 2.10. The van der Waals surface area contributed by atoms with Gasteiger partial charge in [-0.1, -0.05) is 13.8 Å². The van der Waals surface area contributed by atoms with Crippen molar-refractivity contribution in [1.82, 2.24) is 15.6 Å². The van der Waals surface area contributed by atoms with E-state index in [0.29, 0.717) is 19.1 Å². The number of hydrogen-bond acceptors (Lipinski definition) is 4. The van der Waals surface area contributed by atoms with E-state index in [1.165, 1.54) is 4.88 Å². The van der Waals surface area contributed by atoms with Crippen LogP contribution in [0.25, 0.3) is 0 Å². The third-order valence-electron chi connectivity index (χ3n) is 2.68. The van der Waals surface area contributed by atoms with Crippen LogP contribution in [0.15, 0.2) is 11.2 Å². The van der Waals surface area contributed by atoms with Crippen LogP contribution in [0, 0.1) is 12.8 Å². The van der Waals surface area contributed by atoms with Gasteiger partial charge in [-0.15, -0.1) is 11.3 Å². The number of nitrogens with one attached hydrogen (secondary N) is 2. The van der Waals surface area contributed by atoms with Gasteiger partial charge in [-0.2, -0.15) is 0 Å². The zero-order valence-electron chi connectivity index (χ0n) is 12.9. The van der Waals surface area contributed by atoms with E-state index in [2.05, 4.69) is 41.4 Å². The quantitative estimate of drug-likeness (QED) is 0.439. The van der Waals surface area contributed by atoms with E-state index >= 15 is 0 Å². The van der Waals surface area contributed by atoms with Gasteiger partial charge in [-0.05, 0) is 19.3 Å². The van der Waals surface area contributed by atoms with Gasteiger partial charge in [-0.25, -0.2) is 4.98 Å². The van der Waals surface area contributed by atoms with Gasteiger partial charge in [-0.3, -0.25) is 4.99 Å². The number of aryl methyl sites for hydroxylation is 1. The molecule has 0 fully saturated rings. The molecule has 1 aromatic heterocycles. The summed E-state index contributed by atoms with van der Waals surface area (Å²) in [5, 5.41) is 7.53. The van der Waals surface area contributed by atoms with Crippen LogP contribution in [0.5, 0.6) is 0 Å². The molecule has 0 saturated carbocycles. The molecule has 1 rings (SSSR count). The number of nitrogens with zero attached hydrogens (tertiary/aromatic N) is 2. The highest BCUT2D eigenvalue weighted by atomic mass is 32.1. The summed E-state index contributed by atoms with van der Waals surface area (Å²) in [5.41, 5.74) is 0. The standard InChI is InChI=1S/C14H26N4OS/c1-11(2)5-7-19-8-6-16-14(15-4)18-10-13-17-9-12(3)20-13/h9,11H,5-8,10H2,1-4H3,(H2,15,16,18). The number of guanidine groups is 1. The Labute approximate surface area is 125 Å². The smallest absolute Gasteiger partial charge is 0.191 e. The van der Waals surface area contributed by atoms with Gasteiger partial charge < -0.3 is 15.4 Å². The molecule has 0 amide bonds. The topological polar surface area (TPSA) is 58.5 Å². The normalized spacial score (nSPS) is 11.9. The third kappa shape index (κ3) is 7.45. The second kappa shape index (κ2) is 9.72. The predicted molar refractivity (Wildman–Crippen MR) is 85.3 cm³/mol. The summed E-state index contributed by atoms with van der Waals surface area (Å²) in [4.78, 5) is 9.70. The minimum atomic E-state index is 0.694. The Morgan fingerprint density at radius 2 is 2.20 bits per heavy atom. The molecule has 0 aliphatic heterocycles. The summed E-state index contributed by atoms with van der Waals surface area (Å²) in [6.07, 6.45) is 3.00. The summed E-state index contributed by atoms with van der Waals surface area (Å²) in [6, 6.07) is 0. The molecule has 6 heteroatoms. The molecule has 1 aromatic rings.